The fourth-order valence-corrected chi connectivity index (χ4v) is 1.91. The minimum atomic E-state index is -0.516. The van der Waals surface area contributed by atoms with Crippen LogP contribution < -0.4 is 10.5 Å². The molecule has 1 amide bonds. The molecule has 2 rings (SSSR count). The second kappa shape index (κ2) is 4.45. The summed E-state index contributed by atoms with van der Waals surface area (Å²) in [6, 6.07) is 5.46. The van der Waals surface area contributed by atoms with Crippen LogP contribution in [0.2, 0.25) is 0 Å². The molecule has 0 aliphatic carbocycles. The summed E-state index contributed by atoms with van der Waals surface area (Å²) in [5, 5.41) is 0. The maximum atomic E-state index is 11.3. The van der Waals surface area contributed by atoms with E-state index >= 15 is 0 Å². The number of carbonyl (C=O) groups is 1. The van der Waals surface area contributed by atoms with Gasteiger partial charge in [0.05, 0.1) is 12.6 Å². The highest BCUT2D eigenvalue weighted by atomic mass is 16.5. The summed E-state index contributed by atoms with van der Waals surface area (Å²) in [5.74, 6) is 0.942. The van der Waals surface area contributed by atoms with E-state index in [0.717, 1.165) is 18.7 Å². The lowest BCUT2D eigenvalue weighted by Gasteiger charge is -2.06. The molecular weight excluding hydrogens is 218 g/mol. The molecule has 90 valence electrons. The van der Waals surface area contributed by atoms with Gasteiger partial charge < -0.3 is 10.5 Å². The van der Waals surface area contributed by atoms with E-state index in [9.17, 15) is 4.79 Å². The highest BCUT2D eigenvalue weighted by Gasteiger charge is 2.16. The summed E-state index contributed by atoms with van der Waals surface area (Å²) < 4.78 is 7.12. The molecule has 0 fully saturated rings. The molecule has 0 aliphatic heterocycles. The molecule has 0 bridgehead atoms. The van der Waals surface area contributed by atoms with Crippen LogP contribution in [0.15, 0.2) is 18.2 Å². The number of pyridine rings is 1. The molecule has 0 saturated heterocycles. The van der Waals surface area contributed by atoms with Crippen molar-refractivity contribution in [1.82, 2.24) is 9.38 Å². The highest BCUT2D eigenvalue weighted by molar-refractivity contribution is 5.98. The molecule has 5 nitrogen and oxygen atoms in total. The number of amides is 1. The Bertz CT molecular complexity index is 560. The van der Waals surface area contributed by atoms with Gasteiger partial charge in [0, 0.05) is 6.42 Å². The van der Waals surface area contributed by atoms with E-state index < -0.39 is 5.91 Å². The summed E-state index contributed by atoms with van der Waals surface area (Å²) in [7, 11) is 1.59. The van der Waals surface area contributed by atoms with Gasteiger partial charge in [-0.25, -0.2) is 4.98 Å². The fourth-order valence-electron chi connectivity index (χ4n) is 1.91. The van der Waals surface area contributed by atoms with Crippen LogP contribution in [0.1, 0.15) is 29.7 Å². The second-order valence-electron chi connectivity index (χ2n) is 3.78. The minimum absolute atomic E-state index is 0.298. The fraction of sp³-hybridized carbons (Fsp3) is 0.333. The van der Waals surface area contributed by atoms with Crippen LogP contribution in [-0.4, -0.2) is 22.4 Å². The van der Waals surface area contributed by atoms with Crippen molar-refractivity contribution in [3.05, 3.63) is 29.7 Å². The Balaban J connectivity index is 2.76. The zero-order valence-corrected chi connectivity index (χ0v) is 9.93. The average Bonchev–Trinajstić information content (AvgIpc) is 2.69. The third-order valence-corrected chi connectivity index (χ3v) is 2.61. The number of aromatic nitrogens is 2. The number of imidazole rings is 1. The number of nitrogens with two attached hydrogens (primary N) is 1. The largest absolute Gasteiger partial charge is 0.482 e. The van der Waals surface area contributed by atoms with Crippen molar-refractivity contribution in [3.8, 4) is 5.88 Å². The monoisotopic (exact) mass is 233 g/mol. The number of carbonyl (C=O) groups excluding carboxylic acids is 1. The molecule has 0 radical (unpaired) electrons. The first-order valence-electron chi connectivity index (χ1n) is 5.53. The number of aryl methyl sites for hydroxylation is 1. The Morgan fingerprint density at radius 2 is 2.29 bits per heavy atom. The van der Waals surface area contributed by atoms with Crippen LogP contribution in [0, 0.1) is 0 Å². The molecule has 2 aromatic rings. The Morgan fingerprint density at radius 3 is 2.88 bits per heavy atom. The molecule has 5 heteroatoms. The summed E-state index contributed by atoms with van der Waals surface area (Å²) in [6.07, 6.45) is 1.71. The van der Waals surface area contributed by atoms with Crippen molar-refractivity contribution in [2.45, 2.75) is 19.8 Å². The van der Waals surface area contributed by atoms with Crippen molar-refractivity contribution in [1.29, 1.82) is 0 Å². The van der Waals surface area contributed by atoms with Crippen molar-refractivity contribution >= 4 is 11.4 Å². The lowest BCUT2D eigenvalue weighted by atomic mass is 10.3. The third-order valence-electron chi connectivity index (χ3n) is 2.61. The number of primary amides is 1. The first-order chi connectivity index (χ1) is 8.19. The van der Waals surface area contributed by atoms with Gasteiger partial charge in [-0.3, -0.25) is 9.20 Å². The molecule has 0 atom stereocenters. The Kier molecular flexibility index (Phi) is 2.99. The van der Waals surface area contributed by atoms with Crippen LogP contribution in [-0.2, 0) is 6.42 Å². The maximum Gasteiger partial charge on any atom is 0.269 e. The maximum absolute atomic E-state index is 11.3. The predicted octanol–water partition coefficient (Wildman–Crippen LogP) is 1.39. The Hall–Kier alpha value is -2.04. The molecule has 0 spiro atoms. The first-order valence-corrected chi connectivity index (χ1v) is 5.53. The molecule has 0 aliphatic rings. The van der Waals surface area contributed by atoms with Crippen LogP contribution >= 0.6 is 0 Å². The normalized spacial score (nSPS) is 10.7. The molecular formula is C12H15N3O2. The van der Waals surface area contributed by atoms with Crippen molar-refractivity contribution in [3.63, 3.8) is 0 Å². The van der Waals surface area contributed by atoms with Crippen LogP contribution in [0.3, 0.4) is 0 Å². The summed E-state index contributed by atoms with van der Waals surface area (Å²) >= 11 is 0. The Labute approximate surface area is 99.2 Å². The number of hydrogen-bond acceptors (Lipinski definition) is 3. The number of rotatable bonds is 4. The van der Waals surface area contributed by atoms with Gasteiger partial charge in [0.25, 0.3) is 5.91 Å². The number of fused-ring (bicyclic) bond motifs is 1. The number of hydrogen-bond donors (Lipinski definition) is 1. The van der Waals surface area contributed by atoms with Gasteiger partial charge in [0.1, 0.15) is 5.82 Å². The van der Waals surface area contributed by atoms with E-state index in [-0.39, 0.29) is 0 Å². The van der Waals surface area contributed by atoms with E-state index in [1.165, 1.54) is 0 Å². The van der Waals surface area contributed by atoms with Gasteiger partial charge in [-0.15, -0.1) is 0 Å². The zero-order valence-electron chi connectivity index (χ0n) is 9.93. The first kappa shape index (κ1) is 11.4. The molecule has 0 unspecified atom stereocenters. The van der Waals surface area contributed by atoms with Crippen molar-refractivity contribution in [2.24, 2.45) is 5.73 Å². The molecule has 2 heterocycles. The smallest absolute Gasteiger partial charge is 0.269 e. The second-order valence-corrected chi connectivity index (χ2v) is 3.78. The number of nitrogens with zero attached hydrogens (tertiary/aromatic N) is 2. The summed E-state index contributed by atoms with van der Waals surface area (Å²) in [5.41, 5.74) is 6.32. The van der Waals surface area contributed by atoms with Gasteiger partial charge in [-0.1, -0.05) is 13.0 Å². The molecule has 0 aromatic carbocycles. The van der Waals surface area contributed by atoms with Gasteiger partial charge >= 0.3 is 0 Å². The van der Waals surface area contributed by atoms with E-state index in [0.29, 0.717) is 17.1 Å². The SMILES string of the molecule is CCCc1nc(C(N)=O)c2cccc(OC)n12. The predicted molar refractivity (Wildman–Crippen MR) is 64.3 cm³/mol. The Morgan fingerprint density at radius 1 is 1.53 bits per heavy atom. The lowest BCUT2D eigenvalue weighted by Crippen LogP contribution is -2.11. The zero-order chi connectivity index (χ0) is 12.4. The highest BCUT2D eigenvalue weighted by Crippen LogP contribution is 2.21. The van der Waals surface area contributed by atoms with E-state index in [1.807, 2.05) is 22.6 Å². The summed E-state index contributed by atoms with van der Waals surface area (Å²) in [6.45, 7) is 2.06. The third kappa shape index (κ3) is 1.84. The average molecular weight is 233 g/mol. The van der Waals surface area contributed by atoms with Crippen LogP contribution in [0.5, 0.6) is 5.88 Å². The van der Waals surface area contributed by atoms with E-state index in [4.69, 9.17) is 10.5 Å². The lowest BCUT2D eigenvalue weighted by molar-refractivity contribution is 0.0997. The molecule has 0 saturated carbocycles. The van der Waals surface area contributed by atoms with E-state index in [2.05, 4.69) is 11.9 Å². The molecule has 2 aromatic heterocycles. The molecule has 2 N–H and O–H groups in total. The standard InChI is InChI=1S/C12H15N3O2/c1-3-5-9-14-11(12(13)16)8-6-4-7-10(17-2)15(8)9/h4,6-7H,3,5H2,1-2H3,(H2,13,16). The number of ether oxygens (including phenoxy) is 1. The van der Waals surface area contributed by atoms with Gasteiger partial charge in [-0.05, 0) is 18.6 Å². The van der Waals surface area contributed by atoms with E-state index in [1.54, 1.807) is 7.11 Å². The summed E-state index contributed by atoms with van der Waals surface area (Å²) in [4.78, 5) is 15.6. The van der Waals surface area contributed by atoms with Crippen LogP contribution in [0.4, 0.5) is 0 Å². The molecule has 17 heavy (non-hydrogen) atoms. The van der Waals surface area contributed by atoms with Crippen LogP contribution in [0.25, 0.3) is 5.52 Å². The van der Waals surface area contributed by atoms with Gasteiger partial charge in [0.2, 0.25) is 0 Å². The van der Waals surface area contributed by atoms with Crippen molar-refractivity contribution in [2.75, 3.05) is 7.11 Å². The topological polar surface area (TPSA) is 69.6 Å². The van der Waals surface area contributed by atoms with Crippen molar-refractivity contribution < 1.29 is 9.53 Å². The quantitative estimate of drug-likeness (QED) is 0.867. The van der Waals surface area contributed by atoms with Gasteiger partial charge in [-0.2, -0.15) is 0 Å². The van der Waals surface area contributed by atoms with Gasteiger partial charge in [0.15, 0.2) is 11.6 Å². The minimum Gasteiger partial charge on any atom is -0.482 e. The number of methoxy groups -OCH3 is 1.